The lowest BCUT2D eigenvalue weighted by Crippen LogP contribution is -2.07. The molecule has 0 fully saturated rings. The van der Waals surface area contributed by atoms with E-state index in [1.165, 1.54) is 0 Å². The Morgan fingerprint density at radius 2 is 1.43 bits per heavy atom. The normalized spacial score (nSPS) is 11.0. The first kappa shape index (κ1) is 18.6. The Kier molecular flexibility index (Phi) is 5.35. The van der Waals surface area contributed by atoms with Crippen molar-refractivity contribution in [1.29, 1.82) is 0 Å². The number of hydrogen-bond acceptors (Lipinski definition) is 4. The number of nitrogens with one attached hydrogen (secondary N) is 1. The van der Waals surface area contributed by atoms with Gasteiger partial charge in [0.2, 0.25) is 0 Å². The number of nitrogens with zero attached hydrogens (tertiary/aromatic N) is 1. The zero-order valence-electron chi connectivity index (χ0n) is 15.8. The fraction of sp³-hybridized carbons (Fsp3) is 0.174. The SMILES string of the molecule is COc1cc(Br)c(CCNc2c3ccccc3nc3ccccc23)cc1OC. The molecule has 0 spiro atoms. The molecule has 1 aromatic heterocycles. The lowest BCUT2D eigenvalue weighted by Gasteiger charge is -2.15. The molecule has 1 N–H and O–H groups in total. The van der Waals surface area contributed by atoms with Crippen molar-refractivity contribution in [1.82, 2.24) is 4.98 Å². The van der Waals surface area contributed by atoms with Crippen molar-refractivity contribution >= 4 is 43.4 Å². The summed E-state index contributed by atoms with van der Waals surface area (Å²) < 4.78 is 11.8. The van der Waals surface area contributed by atoms with E-state index in [-0.39, 0.29) is 0 Å². The molecule has 1 heterocycles. The summed E-state index contributed by atoms with van der Waals surface area (Å²) >= 11 is 3.64. The molecule has 0 saturated heterocycles. The van der Waals surface area contributed by atoms with Gasteiger partial charge in [-0.15, -0.1) is 0 Å². The molecule has 0 radical (unpaired) electrons. The first-order chi connectivity index (χ1) is 13.7. The smallest absolute Gasteiger partial charge is 0.161 e. The largest absolute Gasteiger partial charge is 0.493 e. The monoisotopic (exact) mass is 436 g/mol. The van der Waals surface area contributed by atoms with Crippen LogP contribution >= 0.6 is 15.9 Å². The number of anilines is 1. The third-order valence-electron chi connectivity index (χ3n) is 4.84. The van der Waals surface area contributed by atoms with E-state index in [1.807, 2.05) is 24.3 Å². The van der Waals surface area contributed by atoms with Crippen molar-refractivity contribution in [3.63, 3.8) is 0 Å². The van der Waals surface area contributed by atoms with E-state index in [1.54, 1.807) is 14.2 Å². The molecule has 3 aromatic carbocycles. The van der Waals surface area contributed by atoms with Gasteiger partial charge in [-0.05, 0) is 36.2 Å². The molecule has 0 aliphatic heterocycles. The van der Waals surface area contributed by atoms with Gasteiger partial charge < -0.3 is 14.8 Å². The highest BCUT2D eigenvalue weighted by Gasteiger charge is 2.11. The maximum absolute atomic E-state index is 5.44. The van der Waals surface area contributed by atoms with Crippen LogP contribution in [0, 0.1) is 0 Å². The summed E-state index contributed by atoms with van der Waals surface area (Å²) in [5.74, 6) is 1.46. The molecule has 0 unspecified atom stereocenters. The van der Waals surface area contributed by atoms with Gasteiger partial charge >= 0.3 is 0 Å². The number of ether oxygens (including phenoxy) is 2. The van der Waals surface area contributed by atoms with Crippen molar-refractivity contribution < 1.29 is 9.47 Å². The fourth-order valence-corrected chi connectivity index (χ4v) is 3.96. The molecule has 0 bridgehead atoms. The number of fused-ring (bicyclic) bond motifs is 2. The number of para-hydroxylation sites is 2. The van der Waals surface area contributed by atoms with Gasteiger partial charge in [0, 0.05) is 21.8 Å². The molecule has 0 aliphatic carbocycles. The zero-order chi connectivity index (χ0) is 19.5. The average molecular weight is 437 g/mol. The topological polar surface area (TPSA) is 43.4 Å². The maximum Gasteiger partial charge on any atom is 0.161 e. The fourth-order valence-electron chi connectivity index (χ4n) is 3.44. The highest BCUT2D eigenvalue weighted by Crippen LogP contribution is 2.34. The average Bonchev–Trinajstić information content (AvgIpc) is 2.73. The Labute approximate surface area is 172 Å². The Hall–Kier alpha value is -2.79. The second-order valence-electron chi connectivity index (χ2n) is 6.50. The van der Waals surface area contributed by atoms with E-state index in [9.17, 15) is 0 Å². The van der Waals surface area contributed by atoms with Crippen molar-refractivity contribution in [2.24, 2.45) is 0 Å². The van der Waals surface area contributed by atoms with Crippen molar-refractivity contribution in [3.05, 3.63) is 70.7 Å². The van der Waals surface area contributed by atoms with Crippen LogP contribution in [0.1, 0.15) is 5.56 Å². The lowest BCUT2D eigenvalue weighted by atomic mass is 10.1. The van der Waals surface area contributed by atoms with Gasteiger partial charge in [-0.25, -0.2) is 4.98 Å². The maximum atomic E-state index is 5.44. The van der Waals surface area contributed by atoms with Gasteiger partial charge in [-0.1, -0.05) is 52.3 Å². The van der Waals surface area contributed by atoms with E-state index in [4.69, 9.17) is 14.5 Å². The van der Waals surface area contributed by atoms with Crippen molar-refractivity contribution in [3.8, 4) is 11.5 Å². The summed E-state index contributed by atoms with van der Waals surface area (Å²) in [7, 11) is 3.30. The van der Waals surface area contributed by atoms with Crippen LogP contribution in [-0.2, 0) is 6.42 Å². The molecule has 28 heavy (non-hydrogen) atoms. The van der Waals surface area contributed by atoms with E-state index in [2.05, 4.69) is 57.6 Å². The van der Waals surface area contributed by atoms with Crippen LogP contribution in [0.4, 0.5) is 5.69 Å². The van der Waals surface area contributed by atoms with Crippen LogP contribution in [0.5, 0.6) is 11.5 Å². The number of aromatic nitrogens is 1. The zero-order valence-corrected chi connectivity index (χ0v) is 17.4. The van der Waals surface area contributed by atoms with Gasteiger partial charge in [0.05, 0.1) is 30.9 Å². The molecular formula is C23H21BrN2O2. The third kappa shape index (κ3) is 3.50. The summed E-state index contributed by atoms with van der Waals surface area (Å²) in [6, 6.07) is 20.5. The molecule has 0 saturated carbocycles. The number of hydrogen-bond donors (Lipinski definition) is 1. The molecule has 0 atom stereocenters. The van der Waals surface area contributed by atoms with Crippen LogP contribution in [0.3, 0.4) is 0 Å². The molecule has 4 nitrogen and oxygen atoms in total. The molecule has 4 rings (SSSR count). The summed E-state index contributed by atoms with van der Waals surface area (Å²) in [4.78, 5) is 4.78. The second-order valence-corrected chi connectivity index (χ2v) is 7.35. The molecule has 4 aromatic rings. The lowest BCUT2D eigenvalue weighted by molar-refractivity contribution is 0.354. The van der Waals surface area contributed by atoms with Gasteiger partial charge in [0.1, 0.15) is 0 Å². The standard InChI is InChI=1S/C23H21BrN2O2/c1-27-21-13-15(18(24)14-22(21)28-2)11-12-25-23-16-7-3-5-9-19(16)26-20-10-6-4-8-17(20)23/h3-10,13-14H,11-12H2,1-2H3,(H,25,26). The van der Waals surface area contributed by atoms with E-state index in [0.29, 0.717) is 0 Å². The summed E-state index contributed by atoms with van der Waals surface area (Å²) in [5.41, 5.74) is 4.28. The number of rotatable bonds is 6. The van der Waals surface area contributed by atoms with E-state index < -0.39 is 0 Å². The molecule has 0 aliphatic rings. The Morgan fingerprint density at radius 1 is 0.857 bits per heavy atom. The summed E-state index contributed by atoms with van der Waals surface area (Å²) in [6.45, 7) is 0.784. The Balaban J connectivity index is 1.64. The Bertz CT molecular complexity index is 1090. The van der Waals surface area contributed by atoms with Crippen LogP contribution in [0.25, 0.3) is 21.8 Å². The number of pyridine rings is 1. The van der Waals surface area contributed by atoms with Gasteiger partial charge in [0.15, 0.2) is 11.5 Å². The minimum atomic E-state index is 0.720. The first-order valence-corrected chi connectivity index (χ1v) is 9.92. The number of methoxy groups -OCH3 is 2. The summed E-state index contributed by atoms with van der Waals surface area (Å²) in [6.07, 6.45) is 0.839. The van der Waals surface area contributed by atoms with Crippen molar-refractivity contribution in [2.75, 3.05) is 26.1 Å². The van der Waals surface area contributed by atoms with E-state index in [0.717, 1.165) is 62.0 Å². The molecule has 142 valence electrons. The molecular weight excluding hydrogens is 416 g/mol. The van der Waals surface area contributed by atoms with Crippen LogP contribution in [0.2, 0.25) is 0 Å². The van der Waals surface area contributed by atoms with Crippen molar-refractivity contribution in [2.45, 2.75) is 6.42 Å². The minimum Gasteiger partial charge on any atom is -0.493 e. The van der Waals surface area contributed by atoms with Crippen LogP contribution in [0.15, 0.2) is 65.1 Å². The molecule has 0 amide bonds. The highest BCUT2D eigenvalue weighted by molar-refractivity contribution is 9.10. The van der Waals surface area contributed by atoms with Gasteiger partial charge in [-0.2, -0.15) is 0 Å². The quantitative estimate of drug-likeness (QED) is 0.386. The van der Waals surface area contributed by atoms with Gasteiger partial charge in [-0.3, -0.25) is 0 Å². The predicted molar refractivity (Wildman–Crippen MR) is 119 cm³/mol. The highest BCUT2D eigenvalue weighted by atomic mass is 79.9. The van der Waals surface area contributed by atoms with Gasteiger partial charge in [0.25, 0.3) is 0 Å². The minimum absolute atomic E-state index is 0.720. The third-order valence-corrected chi connectivity index (χ3v) is 5.57. The van der Waals surface area contributed by atoms with Crippen LogP contribution < -0.4 is 14.8 Å². The van der Waals surface area contributed by atoms with Crippen LogP contribution in [-0.4, -0.2) is 25.7 Å². The second kappa shape index (κ2) is 8.07. The Morgan fingerprint density at radius 3 is 2.04 bits per heavy atom. The molecule has 5 heteroatoms. The number of benzene rings is 3. The summed E-state index contributed by atoms with van der Waals surface area (Å²) in [5, 5.41) is 5.90. The first-order valence-electron chi connectivity index (χ1n) is 9.13. The predicted octanol–water partition coefficient (Wildman–Crippen LogP) is 5.82. The van der Waals surface area contributed by atoms with E-state index >= 15 is 0 Å². The number of halogens is 1.